The maximum absolute atomic E-state index is 12.2. The molecule has 0 aromatic heterocycles. The van der Waals surface area contributed by atoms with Gasteiger partial charge in [0.25, 0.3) is 0 Å². The van der Waals surface area contributed by atoms with Crippen LogP contribution in [-0.2, 0) is 4.79 Å². The Morgan fingerprint density at radius 3 is 2.95 bits per heavy atom. The highest BCUT2D eigenvalue weighted by molar-refractivity contribution is 7.99. The molecule has 1 aromatic rings. The zero-order valence-electron chi connectivity index (χ0n) is 12.0. The van der Waals surface area contributed by atoms with Crippen molar-refractivity contribution >= 4 is 23.4 Å². The van der Waals surface area contributed by atoms with Crippen molar-refractivity contribution in [2.75, 3.05) is 30.0 Å². The fraction of sp³-hybridized carbons (Fsp3) is 0.500. The van der Waals surface area contributed by atoms with E-state index in [-0.39, 0.29) is 17.7 Å². The number of rotatable bonds is 5. The van der Waals surface area contributed by atoms with Gasteiger partial charge in [-0.1, -0.05) is 6.07 Å². The van der Waals surface area contributed by atoms with Gasteiger partial charge in [0.1, 0.15) is 5.75 Å². The van der Waals surface area contributed by atoms with Crippen molar-refractivity contribution < 1.29 is 22.7 Å². The minimum Gasteiger partial charge on any atom is -0.406 e. The molecule has 1 aromatic carbocycles. The van der Waals surface area contributed by atoms with Crippen LogP contribution in [-0.4, -0.2) is 43.4 Å². The minimum absolute atomic E-state index is 0.0199. The lowest BCUT2D eigenvalue weighted by molar-refractivity contribution is -0.274. The van der Waals surface area contributed by atoms with Gasteiger partial charge in [0.05, 0.1) is 5.75 Å². The van der Waals surface area contributed by atoms with Crippen LogP contribution in [0.5, 0.6) is 5.75 Å². The summed E-state index contributed by atoms with van der Waals surface area (Å²) in [6.45, 7) is 1.26. The molecule has 0 spiro atoms. The van der Waals surface area contributed by atoms with Crippen LogP contribution in [0.15, 0.2) is 24.3 Å². The van der Waals surface area contributed by atoms with E-state index in [0.29, 0.717) is 24.5 Å². The first-order chi connectivity index (χ1) is 10.4. The number of hydrogen-bond acceptors (Lipinski definition) is 4. The van der Waals surface area contributed by atoms with Gasteiger partial charge in [0.15, 0.2) is 0 Å². The third kappa shape index (κ3) is 5.01. The SMILES string of the molecule is CSCC(=O)NC1CCN(c2cccc(OC(F)(F)F)c2)C1. The van der Waals surface area contributed by atoms with E-state index in [4.69, 9.17) is 0 Å². The summed E-state index contributed by atoms with van der Waals surface area (Å²) in [6, 6.07) is 5.90. The summed E-state index contributed by atoms with van der Waals surface area (Å²) in [4.78, 5) is 13.5. The van der Waals surface area contributed by atoms with Gasteiger partial charge >= 0.3 is 6.36 Å². The lowest BCUT2D eigenvalue weighted by Gasteiger charge is -2.20. The van der Waals surface area contributed by atoms with Gasteiger partial charge in [-0.3, -0.25) is 4.79 Å². The van der Waals surface area contributed by atoms with Gasteiger partial charge in [-0.15, -0.1) is 13.2 Å². The second-order valence-electron chi connectivity index (χ2n) is 4.98. The quantitative estimate of drug-likeness (QED) is 0.899. The second-order valence-corrected chi connectivity index (χ2v) is 5.84. The number of hydrogen-bond donors (Lipinski definition) is 1. The molecule has 1 heterocycles. The molecule has 0 radical (unpaired) electrons. The summed E-state index contributed by atoms with van der Waals surface area (Å²) < 4.78 is 40.7. The number of amides is 1. The molecule has 4 nitrogen and oxygen atoms in total. The van der Waals surface area contributed by atoms with E-state index in [9.17, 15) is 18.0 Å². The first-order valence-corrected chi connectivity index (χ1v) is 8.16. The van der Waals surface area contributed by atoms with Crippen molar-refractivity contribution in [1.82, 2.24) is 5.32 Å². The van der Waals surface area contributed by atoms with E-state index in [1.165, 1.54) is 30.0 Å². The fourth-order valence-electron chi connectivity index (χ4n) is 2.39. The molecule has 1 fully saturated rings. The average Bonchev–Trinajstić information content (AvgIpc) is 2.85. The Bertz CT molecular complexity index is 525. The fourth-order valence-corrected chi connectivity index (χ4v) is 2.74. The Balaban J connectivity index is 1.96. The van der Waals surface area contributed by atoms with Gasteiger partial charge in [-0.2, -0.15) is 11.8 Å². The Morgan fingerprint density at radius 1 is 1.50 bits per heavy atom. The predicted molar refractivity (Wildman–Crippen MR) is 80.3 cm³/mol. The van der Waals surface area contributed by atoms with Crippen LogP contribution in [0.25, 0.3) is 0 Å². The molecule has 1 unspecified atom stereocenters. The normalized spacial score (nSPS) is 18.4. The van der Waals surface area contributed by atoms with Crippen LogP contribution in [0, 0.1) is 0 Å². The first-order valence-electron chi connectivity index (χ1n) is 6.76. The van der Waals surface area contributed by atoms with Crippen molar-refractivity contribution in [2.24, 2.45) is 0 Å². The number of nitrogens with zero attached hydrogens (tertiary/aromatic N) is 1. The van der Waals surface area contributed by atoms with E-state index in [0.717, 1.165) is 6.42 Å². The number of halogens is 3. The van der Waals surface area contributed by atoms with E-state index in [1.54, 1.807) is 6.07 Å². The highest BCUT2D eigenvalue weighted by Gasteiger charge is 2.31. The second kappa shape index (κ2) is 7.13. The first kappa shape index (κ1) is 16.8. The van der Waals surface area contributed by atoms with Gasteiger partial charge in [-0.25, -0.2) is 0 Å². The Labute approximate surface area is 131 Å². The maximum Gasteiger partial charge on any atom is 0.573 e. The molecule has 1 saturated heterocycles. The average molecular weight is 334 g/mol. The highest BCUT2D eigenvalue weighted by Crippen LogP contribution is 2.28. The number of ether oxygens (including phenoxy) is 1. The van der Waals surface area contributed by atoms with Crippen molar-refractivity contribution in [3.05, 3.63) is 24.3 Å². The Hall–Kier alpha value is -1.57. The molecule has 1 N–H and O–H groups in total. The largest absolute Gasteiger partial charge is 0.573 e. The summed E-state index contributed by atoms with van der Waals surface area (Å²) in [6.07, 6.45) is -2.07. The third-order valence-electron chi connectivity index (χ3n) is 3.25. The molecular weight excluding hydrogens is 317 g/mol. The van der Waals surface area contributed by atoms with E-state index in [2.05, 4.69) is 10.1 Å². The van der Waals surface area contributed by atoms with Crippen LogP contribution < -0.4 is 15.0 Å². The summed E-state index contributed by atoms with van der Waals surface area (Å²) >= 11 is 1.45. The monoisotopic (exact) mass is 334 g/mol. The molecule has 0 aliphatic carbocycles. The molecule has 1 aliphatic heterocycles. The van der Waals surface area contributed by atoms with Crippen LogP contribution in [0.2, 0.25) is 0 Å². The molecule has 1 atom stereocenters. The topological polar surface area (TPSA) is 41.6 Å². The van der Waals surface area contributed by atoms with Crippen LogP contribution in [0.3, 0.4) is 0 Å². The van der Waals surface area contributed by atoms with Crippen LogP contribution >= 0.6 is 11.8 Å². The summed E-state index contributed by atoms with van der Waals surface area (Å²) in [7, 11) is 0. The minimum atomic E-state index is -4.70. The van der Waals surface area contributed by atoms with Crippen molar-refractivity contribution in [2.45, 2.75) is 18.8 Å². The molecule has 8 heteroatoms. The molecule has 0 bridgehead atoms. The summed E-state index contributed by atoms with van der Waals surface area (Å²) in [5.74, 6) is 0.152. The molecule has 22 heavy (non-hydrogen) atoms. The zero-order chi connectivity index (χ0) is 16.2. The third-order valence-corrected chi connectivity index (χ3v) is 3.80. The standard InChI is InChI=1S/C14H17F3N2O2S/c1-22-9-13(20)18-10-5-6-19(8-10)11-3-2-4-12(7-11)21-14(15,16)17/h2-4,7,10H,5-6,8-9H2,1H3,(H,18,20). The van der Waals surface area contributed by atoms with Gasteiger partial charge in [0, 0.05) is 30.9 Å². The van der Waals surface area contributed by atoms with Gasteiger partial charge in [0.2, 0.25) is 5.91 Å². The smallest absolute Gasteiger partial charge is 0.406 e. The van der Waals surface area contributed by atoms with E-state index >= 15 is 0 Å². The van der Waals surface area contributed by atoms with Crippen molar-refractivity contribution in [3.63, 3.8) is 0 Å². The summed E-state index contributed by atoms with van der Waals surface area (Å²) in [5, 5.41) is 2.92. The molecule has 1 aliphatic rings. The lowest BCUT2D eigenvalue weighted by Crippen LogP contribution is -2.38. The van der Waals surface area contributed by atoms with Crippen LogP contribution in [0.1, 0.15) is 6.42 Å². The van der Waals surface area contributed by atoms with E-state index in [1.807, 2.05) is 11.2 Å². The number of carbonyl (C=O) groups is 1. The van der Waals surface area contributed by atoms with Gasteiger partial charge < -0.3 is 15.0 Å². The molecular formula is C14H17F3N2O2S. The van der Waals surface area contributed by atoms with Crippen molar-refractivity contribution in [1.29, 1.82) is 0 Å². The van der Waals surface area contributed by atoms with Crippen LogP contribution in [0.4, 0.5) is 18.9 Å². The van der Waals surface area contributed by atoms with Crippen molar-refractivity contribution in [3.8, 4) is 5.75 Å². The van der Waals surface area contributed by atoms with Gasteiger partial charge in [-0.05, 0) is 24.8 Å². The molecule has 1 amide bonds. The zero-order valence-corrected chi connectivity index (χ0v) is 12.8. The maximum atomic E-state index is 12.2. The molecule has 2 rings (SSSR count). The predicted octanol–water partition coefficient (Wildman–Crippen LogP) is 2.64. The Kier molecular flexibility index (Phi) is 5.44. The number of carbonyl (C=O) groups excluding carboxylic acids is 1. The number of anilines is 1. The number of alkyl halides is 3. The number of nitrogens with one attached hydrogen (secondary N) is 1. The van der Waals surface area contributed by atoms with E-state index < -0.39 is 6.36 Å². The number of benzene rings is 1. The molecule has 122 valence electrons. The summed E-state index contributed by atoms with van der Waals surface area (Å²) in [5.41, 5.74) is 0.656. The number of thioether (sulfide) groups is 1. The Morgan fingerprint density at radius 2 is 2.27 bits per heavy atom. The molecule has 0 saturated carbocycles. The lowest BCUT2D eigenvalue weighted by atomic mass is 10.2. The highest BCUT2D eigenvalue weighted by atomic mass is 32.2.